The molecule has 0 saturated heterocycles. The molecule has 1 atom stereocenters. The van der Waals surface area contributed by atoms with Crippen molar-refractivity contribution in [2.45, 2.75) is 19.4 Å². The van der Waals surface area contributed by atoms with Crippen LogP contribution in [-0.2, 0) is 11.2 Å². The molecule has 0 bridgehead atoms. The lowest BCUT2D eigenvalue weighted by Crippen LogP contribution is -2.46. The van der Waals surface area contributed by atoms with E-state index >= 15 is 0 Å². The summed E-state index contributed by atoms with van der Waals surface area (Å²) in [5.74, 6) is -0.196. The molecule has 0 saturated carbocycles. The molecule has 82 valence electrons. The Hall–Kier alpha value is -1.39. The lowest BCUT2D eigenvalue weighted by atomic mass is 10.0. The summed E-state index contributed by atoms with van der Waals surface area (Å²) >= 11 is 0. The quantitative estimate of drug-likeness (QED) is 0.614. The fraction of sp³-hybridized carbons (Fsp3) is 0.364. The molecule has 0 aromatic heterocycles. The number of carbonyl (C=O) groups excluding carboxylic acids is 1. The van der Waals surface area contributed by atoms with Gasteiger partial charge in [0, 0.05) is 7.05 Å². The van der Waals surface area contributed by atoms with E-state index in [1.807, 2.05) is 31.2 Å². The number of carbonyl (C=O) groups is 1. The second-order valence-electron chi connectivity index (χ2n) is 3.54. The van der Waals surface area contributed by atoms with E-state index in [0.29, 0.717) is 6.42 Å². The van der Waals surface area contributed by atoms with E-state index in [4.69, 9.17) is 5.73 Å². The highest BCUT2D eigenvalue weighted by Gasteiger charge is 2.12. The minimum Gasteiger partial charge on any atom is -0.320 e. The van der Waals surface area contributed by atoms with Crippen molar-refractivity contribution >= 4 is 5.91 Å². The zero-order valence-corrected chi connectivity index (χ0v) is 9.08. The van der Waals surface area contributed by atoms with Crippen LogP contribution in [0, 0.1) is 6.92 Å². The maximum Gasteiger partial charge on any atom is 0.251 e. The van der Waals surface area contributed by atoms with Gasteiger partial charge in [0.2, 0.25) is 0 Å². The summed E-state index contributed by atoms with van der Waals surface area (Å²) in [6.45, 7) is 2.03. The number of hydrogen-bond acceptors (Lipinski definition) is 3. The van der Waals surface area contributed by atoms with Crippen molar-refractivity contribution in [2.75, 3.05) is 7.05 Å². The van der Waals surface area contributed by atoms with Gasteiger partial charge in [0.25, 0.3) is 5.91 Å². The largest absolute Gasteiger partial charge is 0.320 e. The van der Waals surface area contributed by atoms with Crippen LogP contribution in [0.25, 0.3) is 0 Å². The first-order chi connectivity index (χ1) is 7.13. The maximum atomic E-state index is 11.3. The third kappa shape index (κ3) is 3.69. The van der Waals surface area contributed by atoms with Crippen molar-refractivity contribution in [3.05, 3.63) is 35.4 Å². The van der Waals surface area contributed by atoms with Crippen LogP contribution in [0.3, 0.4) is 0 Å². The van der Waals surface area contributed by atoms with Gasteiger partial charge in [-0.05, 0) is 18.9 Å². The number of rotatable bonds is 4. The molecule has 0 fully saturated rings. The zero-order valence-electron chi connectivity index (χ0n) is 9.08. The van der Waals surface area contributed by atoms with E-state index in [0.717, 1.165) is 5.56 Å². The van der Waals surface area contributed by atoms with Crippen LogP contribution in [0.15, 0.2) is 24.3 Å². The molecule has 0 radical (unpaired) electrons. The molecule has 4 N–H and O–H groups in total. The van der Waals surface area contributed by atoms with Gasteiger partial charge in [-0.1, -0.05) is 29.8 Å². The Morgan fingerprint density at radius 2 is 2.00 bits per heavy atom. The summed E-state index contributed by atoms with van der Waals surface area (Å²) in [6.07, 6.45) is 0.549. The normalized spacial score (nSPS) is 12.2. The predicted molar refractivity (Wildman–Crippen MR) is 60.1 cm³/mol. The highest BCUT2D eigenvalue weighted by atomic mass is 16.2. The first kappa shape index (κ1) is 11.7. The second kappa shape index (κ2) is 5.48. The van der Waals surface area contributed by atoms with Crippen molar-refractivity contribution in [1.29, 1.82) is 0 Å². The first-order valence-corrected chi connectivity index (χ1v) is 4.91. The third-order valence-corrected chi connectivity index (χ3v) is 2.16. The van der Waals surface area contributed by atoms with Gasteiger partial charge >= 0.3 is 0 Å². The van der Waals surface area contributed by atoms with Gasteiger partial charge in [0.15, 0.2) is 0 Å². The summed E-state index contributed by atoms with van der Waals surface area (Å²) in [4.78, 5) is 11.3. The van der Waals surface area contributed by atoms with E-state index in [2.05, 4.69) is 10.9 Å². The van der Waals surface area contributed by atoms with E-state index < -0.39 is 6.04 Å². The SMILES string of the molecule is CNNC(=O)C(N)Cc1ccc(C)cc1. The van der Waals surface area contributed by atoms with Crippen LogP contribution in [0.1, 0.15) is 11.1 Å². The van der Waals surface area contributed by atoms with Crippen LogP contribution in [0.5, 0.6) is 0 Å². The van der Waals surface area contributed by atoms with Crippen molar-refractivity contribution in [3.63, 3.8) is 0 Å². The van der Waals surface area contributed by atoms with Gasteiger partial charge in [-0.15, -0.1) is 0 Å². The number of nitrogens with one attached hydrogen (secondary N) is 2. The number of benzene rings is 1. The smallest absolute Gasteiger partial charge is 0.251 e. The van der Waals surface area contributed by atoms with E-state index in [9.17, 15) is 4.79 Å². The Labute approximate surface area is 89.8 Å². The Kier molecular flexibility index (Phi) is 4.27. The van der Waals surface area contributed by atoms with Crippen molar-refractivity contribution in [1.82, 2.24) is 10.9 Å². The van der Waals surface area contributed by atoms with Gasteiger partial charge in [-0.2, -0.15) is 0 Å². The number of hydrazine groups is 1. The molecule has 15 heavy (non-hydrogen) atoms. The molecule has 1 aromatic carbocycles. The minimum absolute atomic E-state index is 0.196. The Balaban J connectivity index is 2.54. The van der Waals surface area contributed by atoms with E-state index in [-0.39, 0.29) is 5.91 Å². The molecule has 1 aromatic rings. The molecule has 4 nitrogen and oxygen atoms in total. The summed E-state index contributed by atoms with van der Waals surface area (Å²) in [5, 5.41) is 0. The molecular weight excluding hydrogens is 190 g/mol. The van der Waals surface area contributed by atoms with Crippen LogP contribution >= 0.6 is 0 Å². The summed E-state index contributed by atoms with van der Waals surface area (Å²) < 4.78 is 0. The van der Waals surface area contributed by atoms with Crippen LogP contribution in [0.4, 0.5) is 0 Å². The summed E-state index contributed by atoms with van der Waals surface area (Å²) in [5.41, 5.74) is 13.0. The highest BCUT2D eigenvalue weighted by molar-refractivity contribution is 5.81. The van der Waals surface area contributed by atoms with Crippen molar-refractivity contribution in [2.24, 2.45) is 5.73 Å². The number of hydrogen-bond donors (Lipinski definition) is 3. The summed E-state index contributed by atoms with van der Waals surface area (Å²) in [6, 6.07) is 7.49. The second-order valence-corrected chi connectivity index (χ2v) is 3.54. The zero-order chi connectivity index (χ0) is 11.3. The Morgan fingerprint density at radius 3 is 2.53 bits per heavy atom. The number of nitrogens with two attached hydrogens (primary N) is 1. The number of aryl methyl sites for hydroxylation is 1. The predicted octanol–water partition coefficient (Wildman–Crippen LogP) is 0.115. The first-order valence-electron chi connectivity index (χ1n) is 4.91. The molecule has 1 unspecified atom stereocenters. The van der Waals surface area contributed by atoms with Gasteiger partial charge in [-0.3, -0.25) is 10.2 Å². The molecule has 1 amide bonds. The fourth-order valence-corrected chi connectivity index (χ4v) is 1.29. The maximum absolute atomic E-state index is 11.3. The molecule has 1 rings (SSSR count). The molecule has 0 aliphatic carbocycles. The van der Waals surface area contributed by atoms with E-state index in [1.54, 1.807) is 7.05 Å². The third-order valence-electron chi connectivity index (χ3n) is 2.16. The molecule has 0 spiro atoms. The standard InChI is InChI=1S/C11H17N3O/c1-8-3-5-9(6-4-8)7-10(12)11(15)14-13-2/h3-6,10,13H,7,12H2,1-2H3,(H,14,15). The molecule has 0 aliphatic heterocycles. The van der Waals surface area contributed by atoms with Crippen LogP contribution < -0.4 is 16.6 Å². The summed E-state index contributed by atoms with van der Waals surface area (Å²) in [7, 11) is 1.64. The minimum atomic E-state index is -0.514. The number of amides is 1. The highest BCUT2D eigenvalue weighted by Crippen LogP contribution is 2.05. The molecule has 0 heterocycles. The average molecular weight is 207 g/mol. The lowest BCUT2D eigenvalue weighted by Gasteiger charge is -2.11. The average Bonchev–Trinajstić information content (AvgIpc) is 2.22. The van der Waals surface area contributed by atoms with Crippen LogP contribution in [-0.4, -0.2) is 19.0 Å². The van der Waals surface area contributed by atoms with Gasteiger partial charge in [0.1, 0.15) is 0 Å². The van der Waals surface area contributed by atoms with Gasteiger partial charge in [0.05, 0.1) is 6.04 Å². The van der Waals surface area contributed by atoms with Gasteiger partial charge in [-0.25, -0.2) is 5.43 Å². The Bertz CT molecular complexity index is 321. The lowest BCUT2D eigenvalue weighted by molar-refractivity contribution is -0.123. The van der Waals surface area contributed by atoms with Gasteiger partial charge < -0.3 is 5.73 Å². The molecule has 0 aliphatic rings. The van der Waals surface area contributed by atoms with Crippen molar-refractivity contribution in [3.8, 4) is 0 Å². The van der Waals surface area contributed by atoms with Crippen molar-refractivity contribution < 1.29 is 4.79 Å². The molecule has 4 heteroatoms. The Morgan fingerprint density at radius 1 is 1.40 bits per heavy atom. The van der Waals surface area contributed by atoms with Crippen LogP contribution in [0.2, 0.25) is 0 Å². The monoisotopic (exact) mass is 207 g/mol. The topological polar surface area (TPSA) is 67.1 Å². The van der Waals surface area contributed by atoms with E-state index in [1.165, 1.54) is 5.56 Å². The molecular formula is C11H17N3O. The fourth-order valence-electron chi connectivity index (χ4n) is 1.29.